The largest absolute Gasteiger partial charge is 0.348 e. The molecule has 2 heterocycles. The number of hydrogen-bond acceptors (Lipinski definition) is 3. The van der Waals surface area contributed by atoms with Crippen LogP contribution in [0, 0.1) is 0 Å². The fraction of sp³-hybridized carbons (Fsp3) is 0.318. The zero-order valence-corrected chi connectivity index (χ0v) is 15.8. The summed E-state index contributed by atoms with van der Waals surface area (Å²) in [4.78, 5) is 27.1. The molecule has 1 aliphatic heterocycles. The molecular weight excluding hydrogens is 352 g/mol. The topological polar surface area (TPSA) is 78.1 Å². The molecule has 144 valence electrons. The van der Waals surface area contributed by atoms with Crippen LogP contribution >= 0.6 is 0 Å². The lowest BCUT2D eigenvalue weighted by Crippen LogP contribution is -2.31. The quantitative estimate of drug-likeness (QED) is 0.731. The highest BCUT2D eigenvalue weighted by Gasteiger charge is 2.17. The molecule has 6 nitrogen and oxygen atoms in total. The van der Waals surface area contributed by atoms with Gasteiger partial charge in [0.15, 0.2) is 0 Å². The summed E-state index contributed by atoms with van der Waals surface area (Å²) in [6.07, 6.45) is 6.27. The van der Waals surface area contributed by atoms with Crippen molar-refractivity contribution >= 4 is 22.7 Å². The van der Waals surface area contributed by atoms with Crippen LogP contribution in [0.2, 0.25) is 0 Å². The van der Waals surface area contributed by atoms with Crippen LogP contribution in [0.3, 0.4) is 0 Å². The maximum Gasteiger partial charge on any atom is 0.253 e. The molecule has 0 atom stereocenters. The summed E-state index contributed by atoms with van der Waals surface area (Å²) in [6.45, 7) is 2.09. The number of carbonyl (C=O) groups is 2. The molecule has 2 aromatic carbocycles. The normalized spacial score (nSPS) is 14.6. The standard InChI is InChI=1S/C22H24N4O2/c27-21(19-7-5-6-18-15-24-25-20(18)19)23-14-16-8-10-17(11-9-16)22(28)26-12-3-1-2-4-13-26/h5-11,15H,1-4,12-14H2,(H,23,27)(H,24,25). The van der Waals surface area contributed by atoms with Gasteiger partial charge in [0.05, 0.1) is 17.3 Å². The second-order valence-electron chi connectivity index (χ2n) is 7.23. The third-order valence-electron chi connectivity index (χ3n) is 5.27. The minimum atomic E-state index is -0.153. The highest BCUT2D eigenvalue weighted by Crippen LogP contribution is 2.16. The van der Waals surface area contributed by atoms with Crippen molar-refractivity contribution in [1.29, 1.82) is 0 Å². The van der Waals surface area contributed by atoms with Gasteiger partial charge in [-0.25, -0.2) is 0 Å². The molecule has 3 aromatic rings. The molecule has 1 aromatic heterocycles. The molecule has 1 saturated heterocycles. The smallest absolute Gasteiger partial charge is 0.253 e. The van der Waals surface area contributed by atoms with E-state index in [9.17, 15) is 9.59 Å². The molecule has 2 amide bonds. The van der Waals surface area contributed by atoms with Crippen LogP contribution in [0.15, 0.2) is 48.7 Å². The van der Waals surface area contributed by atoms with Gasteiger partial charge in [-0.2, -0.15) is 5.10 Å². The van der Waals surface area contributed by atoms with Crippen LogP contribution in [-0.2, 0) is 6.54 Å². The molecule has 0 bridgehead atoms. The van der Waals surface area contributed by atoms with E-state index < -0.39 is 0 Å². The number of benzene rings is 2. The van der Waals surface area contributed by atoms with Gasteiger partial charge >= 0.3 is 0 Å². The number of carbonyl (C=O) groups excluding carboxylic acids is 2. The molecule has 0 aliphatic carbocycles. The molecule has 28 heavy (non-hydrogen) atoms. The fourth-order valence-corrected chi connectivity index (χ4v) is 3.66. The summed E-state index contributed by atoms with van der Waals surface area (Å²) in [5.41, 5.74) is 2.97. The number of rotatable bonds is 4. The van der Waals surface area contributed by atoms with Gasteiger partial charge in [0.25, 0.3) is 11.8 Å². The summed E-state index contributed by atoms with van der Waals surface area (Å²) in [7, 11) is 0. The molecule has 2 N–H and O–H groups in total. The van der Waals surface area contributed by atoms with Gasteiger partial charge in [0.1, 0.15) is 0 Å². The van der Waals surface area contributed by atoms with E-state index in [1.54, 1.807) is 12.3 Å². The zero-order chi connectivity index (χ0) is 19.3. The van der Waals surface area contributed by atoms with Crippen molar-refractivity contribution in [2.24, 2.45) is 0 Å². The number of nitrogens with one attached hydrogen (secondary N) is 2. The number of nitrogens with zero attached hydrogens (tertiary/aromatic N) is 2. The third-order valence-corrected chi connectivity index (χ3v) is 5.27. The second kappa shape index (κ2) is 8.25. The van der Waals surface area contributed by atoms with Gasteiger partial charge in [-0.3, -0.25) is 14.7 Å². The highest BCUT2D eigenvalue weighted by molar-refractivity contribution is 6.05. The maximum absolute atomic E-state index is 12.7. The minimum absolute atomic E-state index is 0.100. The van der Waals surface area contributed by atoms with E-state index in [-0.39, 0.29) is 11.8 Å². The lowest BCUT2D eigenvalue weighted by molar-refractivity contribution is 0.0761. The zero-order valence-electron chi connectivity index (χ0n) is 15.8. The molecule has 6 heteroatoms. The van der Waals surface area contributed by atoms with Gasteiger partial charge in [0, 0.05) is 30.6 Å². The van der Waals surface area contributed by atoms with Crippen molar-refractivity contribution in [2.75, 3.05) is 13.1 Å². The summed E-state index contributed by atoms with van der Waals surface area (Å²) < 4.78 is 0. The summed E-state index contributed by atoms with van der Waals surface area (Å²) in [5.74, 6) is -0.0528. The molecule has 1 fully saturated rings. The Hall–Kier alpha value is -3.15. The Balaban J connectivity index is 1.38. The van der Waals surface area contributed by atoms with Crippen molar-refractivity contribution in [3.8, 4) is 0 Å². The Kier molecular flexibility index (Phi) is 5.37. The van der Waals surface area contributed by atoms with E-state index >= 15 is 0 Å². The number of hydrogen-bond donors (Lipinski definition) is 2. The van der Waals surface area contributed by atoms with Crippen molar-refractivity contribution in [2.45, 2.75) is 32.2 Å². The van der Waals surface area contributed by atoms with E-state index in [1.807, 2.05) is 41.3 Å². The van der Waals surface area contributed by atoms with Crippen LogP contribution in [0.4, 0.5) is 0 Å². The Bertz CT molecular complexity index is 970. The van der Waals surface area contributed by atoms with Crippen molar-refractivity contribution in [1.82, 2.24) is 20.4 Å². The first kappa shape index (κ1) is 18.2. The van der Waals surface area contributed by atoms with E-state index in [0.29, 0.717) is 17.7 Å². The van der Waals surface area contributed by atoms with Crippen LogP contribution in [0.1, 0.15) is 52.0 Å². The molecule has 1 aliphatic rings. The molecule has 0 spiro atoms. The lowest BCUT2D eigenvalue weighted by Gasteiger charge is -2.20. The van der Waals surface area contributed by atoms with Gasteiger partial charge < -0.3 is 10.2 Å². The third kappa shape index (κ3) is 3.91. The van der Waals surface area contributed by atoms with E-state index in [4.69, 9.17) is 0 Å². The average molecular weight is 376 g/mol. The van der Waals surface area contributed by atoms with Crippen molar-refractivity contribution in [3.63, 3.8) is 0 Å². The first-order chi connectivity index (χ1) is 13.7. The maximum atomic E-state index is 12.7. The monoisotopic (exact) mass is 376 g/mol. The van der Waals surface area contributed by atoms with E-state index in [2.05, 4.69) is 15.5 Å². The van der Waals surface area contributed by atoms with Gasteiger partial charge in [0.2, 0.25) is 0 Å². The van der Waals surface area contributed by atoms with Crippen LogP contribution in [0.25, 0.3) is 10.9 Å². The molecule has 4 rings (SSSR count). The van der Waals surface area contributed by atoms with Crippen LogP contribution < -0.4 is 5.32 Å². The fourth-order valence-electron chi connectivity index (χ4n) is 3.66. The van der Waals surface area contributed by atoms with E-state index in [1.165, 1.54) is 12.8 Å². The Morgan fingerprint density at radius 1 is 1.00 bits per heavy atom. The SMILES string of the molecule is O=C(NCc1ccc(C(=O)N2CCCCCC2)cc1)c1cccc2cn[nH]c12. The van der Waals surface area contributed by atoms with Crippen LogP contribution in [0.5, 0.6) is 0 Å². The first-order valence-corrected chi connectivity index (χ1v) is 9.81. The predicted octanol–water partition coefficient (Wildman–Crippen LogP) is 3.51. The minimum Gasteiger partial charge on any atom is -0.348 e. The number of H-pyrrole nitrogens is 1. The number of aromatic amines is 1. The Morgan fingerprint density at radius 3 is 2.50 bits per heavy atom. The second-order valence-corrected chi connectivity index (χ2v) is 7.23. The number of para-hydroxylation sites is 1. The van der Waals surface area contributed by atoms with Crippen LogP contribution in [-0.4, -0.2) is 40.0 Å². The van der Waals surface area contributed by atoms with Gasteiger partial charge in [-0.15, -0.1) is 0 Å². The van der Waals surface area contributed by atoms with E-state index in [0.717, 1.165) is 42.4 Å². The van der Waals surface area contributed by atoms with Crippen molar-refractivity contribution < 1.29 is 9.59 Å². The molecule has 0 saturated carbocycles. The highest BCUT2D eigenvalue weighted by atomic mass is 16.2. The average Bonchev–Trinajstić information content (AvgIpc) is 3.05. The van der Waals surface area contributed by atoms with Crippen molar-refractivity contribution in [3.05, 3.63) is 65.4 Å². The number of likely N-dealkylation sites (tertiary alicyclic amines) is 1. The number of fused-ring (bicyclic) bond motifs is 1. The summed E-state index contributed by atoms with van der Waals surface area (Å²) in [5, 5.41) is 10.7. The first-order valence-electron chi connectivity index (χ1n) is 9.81. The predicted molar refractivity (Wildman–Crippen MR) is 108 cm³/mol. The van der Waals surface area contributed by atoms with Gasteiger partial charge in [-0.1, -0.05) is 37.1 Å². The van der Waals surface area contributed by atoms with Gasteiger partial charge in [-0.05, 0) is 36.6 Å². The molecule has 0 unspecified atom stereocenters. The molecule has 0 radical (unpaired) electrons. The molecular formula is C22H24N4O2. The number of amides is 2. The Labute approximate surface area is 163 Å². The lowest BCUT2D eigenvalue weighted by atomic mass is 10.1. The summed E-state index contributed by atoms with van der Waals surface area (Å²) in [6, 6.07) is 13.0. The number of aromatic nitrogens is 2. The Morgan fingerprint density at radius 2 is 1.75 bits per heavy atom. The summed E-state index contributed by atoms with van der Waals surface area (Å²) >= 11 is 0.